The molecule has 1 aliphatic rings. The zero-order valence-electron chi connectivity index (χ0n) is 8.53. The molecule has 0 aromatic heterocycles. The molecule has 1 aromatic rings. The zero-order chi connectivity index (χ0) is 10.8. The molecule has 0 bridgehead atoms. The summed E-state index contributed by atoms with van der Waals surface area (Å²) in [6, 6.07) is 5.67. The van der Waals surface area contributed by atoms with Crippen molar-refractivity contribution in [1.29, 1.82) is 0 Å². The Morgan fingerprint density at radius 2 is 2.40 bits per heavy atom. The molecular weight excluding hydrogens is 210 g/mol. The third-order valence-electron chi connectivity index (χ3n) is 2.52. The first-order valence-corrected chi connectivity index (χ1v) is 5.81. The Kier molecular flexibility index (Phi) is 2.98. The Hall–Kier alpha value is -1.00. The highest BCUT2D eigenvalue weighted by molar-refractivity contribution is 7.99. The van der Waals surface area contributed by atoms with Crippen molar-refractivity contribution in [3.05, 3.63) is 29.3 Å². The molecule has 0 unspecified atom stereocenters. The number of hydrogen-bond donors (Lipinski definition) is 1. The summed E-state index contributed by atoms with van der Waals surface area (Å²) in [4.78, 5) is 12.4. The third-order valence-corrected chi connectivity index (χ3v) is 3.62. The Morgan fingerprint density at radius 1 is 1.60 bits per heavy atom. The van der Waals surface area contributed by atoms with E-state index in [0.717, 1.165) is 22.6 Å². The molecule has 15 heavy (non-hydrogen) atoms. The van der Waals surface area contributed by atoms with Gasteiger partial charge in [0, 0.05) is 10.9 Å². The van der Waals surface area contributed by atoms with Crippen LogP contribution in [0.2, 0.25) is 0 Å². The summed E-state index contributed by atoms with van der Waals surface area (Å²) in [5.74, 6) is 0.719. The quantitative estimate of drug-likeness (QED) is 0.739. The van der Waals surface area contributed by atoms with E-state index < -0.39 is 0 Å². The average Bonchev–Trinajstić information content (AvgIpc) is 2.28. The number of hydrogen-bond acceptors (Lipinski definition) is 4. The van der Waals surface area contributed by atoms with Gasteiger partial charge in [-0.3, -0.25) is 0 Å². The van der Waals surface area contributed by atoms with E-state index in [2.05, 4.69) is 4.74 Å². The van der Waals surface area contributed by atoms with Crippen molar-refractivity contribution in [2.45, 2.75) is 17.4 Å². The first-order valence-electron chi connectivity index (χ1n) is 4.83. The molecule has 2 N–H and O–H groups in total. The molecule has 0 fully saturated rings. The maximum atomic E-state index is 11.3. The predicted molar refractivity (Wildman–Crippen MR) is 60.1 cm³/mol. The van der Waals surface area contributed by atoms with Crippen LogP contribution in [0.5, 0.6) is 0 Å². The van der Waals surface area contributed by atoms with E-state index in [1.807, 2.05) is 12.1 Å². The monoisotopic (exact) mass is 223 g/mol. The van der Waals surface area contributed by atoms with E-state index in [9.17, 15) is 4.79 Å². The number of methoxy groups -OCH3 is 1. The summed E-state index contributed by atoms with van der Waals surface area (Å²) in [6.07, 6.45) is 0.995. The van der Waals surface area contributed by atoms with E-state index in [-0.39, 0.29) is 12.0 Å². The van der Waals surface area contributed by atoms with Gasteiger partial charge in [-0.05, 0) is 29.9 Å². The fraction of sp³-hybridized carbons (Fsp3) is 0.364. The number of benzene rings is 1. The molecular formula is C11H13NO2S. The van der Waals surface area contributed by atoms with Crippen LogP contribution in [0.25, 0.3) is 0 Å². The lowest BCUT2D eigenvalue weighted by Gasteiger charge is -2.21. The van der Waals surface area contributed by atoms with Gasteiger partial charge < -0.3 is 10.5 Å². The van der Waals surface area contributed by atoms with Crippen LogP contribution in [0.1, 0.15) is 28.4 Å². The minimum atomic E-state index is -0.294. The van der Waals surface area contributed by atoms with Crippen molar-refractivity contribution in [2.75, 3.05) is 12.9 Å². The van der Waals surface area contributed by atoms with Gasteiger partial charge in [-0.2, -0.15) is 0 Å². The second-order valence-electron chi connectivity index (χ2n) is 3.49. The van der Waals surface area contributed by atoms with E-state index in [1.165, 1.54) is 7.11 Å². The molecule has 1 atom stereocenters. The van der Waals surface area contributed by atoms with Crippen LogP contribution in [-0.2, 0) is 4.74 Å². The minimum absolute atomic E-state index is 0.105. The van der Waals surface area contributed by atoms with Gasteiger partial charge in [-0.1, -0.05) is 6.07 Å². The van der Waals surface area contributed by atoms with Crippen LogP contribution < -0.4 is 5.73 Å². The lowest BCUT2D eigenvalue weighted by atomic mass is 10.0. The van der Waals surface area contributed by atoms with Crippen LogP contribution in [0.3, 0.4) is 0 Å². The minimum Gasteiger partial charge on any atom is -0.465 e. The molecule has 1 heterocycles. The summed E-state index contributed by atoms with van der Waals surface area (Å²) in [5, 5.41) is 0. The van der Waals surface area contributed by atoms with Crippen molar-refractivity contribution in [1.82, 2.24) is 0 Å². The molecule has 80 valence electrons. The van der Waals surface area contributed by atoms with Gasteiger partial charge in [-0.15, -0.1) is 11.8 Å². The molecule has 0 saturated heterocycles. The van der Waals surface area contributed by atoms with Crippen molar-refractivity contribution in [3.8, 4) is 0 Å². The van der Waals surface area contributed by atoms with Crippen molar-refractivity contribution in [3.63, 3.8) is 0 Å². The number of esters is 1. The van der Waals surface area contributed by atoms with Crippen LogP contribution in [-0.4, -0.2) is 18.8 Å². The number of ether oxygens (including phenoxy) is 1. The SMILES string of the molecule is COC(=O)c1ccc2c(c1)SCC[C@H]2N. The molecule has 0 radical (unpaired) electrons. The van der Waals surface area contributed by atoms with Gasteiger partial charge in [0.25, 0.3) is 0 Å². The summed E-state index contributed by atoms with van der Waals surface area (Å²) in [6.45, 7) is 0. The van der Waals surface area contributed by atoms with Crippen LogP contribution in [0, 0.1) is 0 Å². The molecule has 0 saturated carbocycles. The third kappa shape index (κ3) is 2.01. The van der Waals surface area contributed by atoms with E-state index in [4.69, 9.17) is 5.73 Å². The Labute approximate surface area is 93.0 Å². The maximum absolute atomic E-state index is 11.3. The van der Waals surface area contributed by atoms with Gasteiger partial charge in [0.2, 0.25) is 0 Å². The lowest BCUT2D eigenvalue weighted by molar-refractivity contribution is 0.0600. The van der Waals surface area contributed by atoms with Crippen molar-refractivity contribution in [2.24, 2.45) is 5.73 Å². The number of carbonyl (C=O) groups excluding carboxylic acids is 1. The van der Waals surface area contributed by atoms with Crippen molar-refractivity contribution >= 4 is 17.7 Å². The lowest BCUT2D eigenvalue weighted by Crippen LogP contribution is -2.16. The number of fused-ring (bicyclic) bond motifs is 1. The molecule has 2 rings (SSSR count). The Bertz CT molecular complexity index is 392. The Morgan fingerprint density at radius 3 is 3.13 bits per heavy atom. The fourth-order valence-corrected chi connectivity index (χ4v) is 2.85. The number of carbonyl (C=O) groups is 1. The summed E-state index contributed by atoms with van der Waals surface area (Å²) in [7, 11) is 1.39. The molecule has 1 aliphatic heterocycles. The van der Waals surface area contributed by atoms with Crippen LogP contribution in [0.4, 0.5) is 0 Å². The first-order chi connectivity index (χ1) is 7.22. The van der Waals surface area contributed by atoms with Gasteiger partial charge >= 0.3 is 5.97 Å². The predicted octanol–water partition coefficient (Wildman–Crippen LogP) is 1.97. The fourth-order valence-electron chi connectivity index (χ4n) is 1.66. The Balaban J connectivity index is 2.37. The first kappa shape index (κ1) is 10.5. The van der Waals surface area contributed by atoms with Crippen LogP contribution >= 0.6 is 11.8 Å². The summed E-state index contributed by atoms with van der Waals surface area (Å²) < 4.78 is 4.67. The zero-order valence-corrected chi connectivity index (χ0v) is 9.34. The molecule has 0 spiro atoms. The highest BCUT2D eigenvalue weighted by Gasteiger charge is 2.18. The summed E-state index contributed by atoms with van der Waals surface area (Å²) >= 11 is 1.75. The van der Waals surface area contributed by atoms with E-state index in [0.29, 0.717) is 5.56 Å². The topological polar surface area (TPSA) is 52.3 Å². The van der Waals surface area contributed by atoms with Crippen LogP contribution in [0.15, 0.2) is 23.1 Å². The average molecular weight is 223 g/mol. The standard InChI is InChI=1S/C11H13NO2S/c1-14-11(13)7-2-3-8-9(12)4-5-15-10(8)6-7/h2-3,6,9H,4-5,12H2,1H3/t9-/m1/s1. The van der Waals surface area contributed by atoms with Gasteiger partial charge in [0.1, 0.15) is 0 Å². The molecule has 0 amide bonds. The maximum Gasteiger partial charge on any atom is 0.337 e. The highest BCUT2D eigenvalue weighted by Crippen LogP contribution is 2.35. The molecule has 3 nitrogen and oxygen atoms in total. The molecule has 1 aromatic carbocycles. The second-order valence-corrected chi connectivity index (χ2v) is 4.62. The molecule has 4 heteroatoms. The summed E-state index contributed by atoms with van der Waals surface area (Å²) in [5.41, 5.74) is 7.71. The number of rotatable bonds is 1. The van der Waals surface area contributed by atoms with Gasteiger partial charge in [0.15, 0.2) is 0 Å². The van der Waals surface area contributed by atoms with Gasteiger partial charge in [-0.25, -0.2) is 4.79 Å². The van der Waals surface area contributed by atoms with Gasteiger partial charge in [0.05, 0.1) is 12.7 Å². The second kappa shape index (κ2) is 4.24. The smallest absolute Gasteiger partial charge is 0.337 e. The number of nitrogens with two attached hydrogens (primary N) is 1. The van der Waals surface area contributed by atoms with E-state index in [1.54, 1.807) is 17.8 Å². The van der Waals surface area contributed by atoms with Crippen molar-refractivity contribution < 1.29 is 9.53 Å². The number of thioether (sulfide) groups is 1. The molecule has 0 aliphatic carbocycles. The van der Waals surface area contributed by atoms with E-state index >= 15 is 0 Å². The highest BCUT2D eigenvalue weighted by atomic mass is 32.2. The normalized spacial score (nSPS) is 19.5. The largest absolute Gasteiger partial charge is 0.465 e.